The van der Waals surface area contributed by atoms with Gasteiger partial charge in [-0.15, -0.1) is 11.8 Å². The van der Waals surface area contributed by atoms with Crippen LogP contribution < -0.4 is 15.8 Å². The van der Waals surface area contributed by atoms with E-state index < -0.39 is 5.91 Å². The zero-order valence-corrected chi connectivity index (χ0v) is 16.0. The lowest BCUT2D eigenvalue weighted by atomic mass is 10.2. The van der Waals surface area contributed by atoms with E-state index in [9.17, 15) is 9.59 Å². The molecule has 2 aromatic carbocycles. The highest BCUT2D eigenvalue weighted by Crippen LogP contribution is 2.22. The van der Waals surface area contributed by atoms with Crippen LogP contribution >= 0.6 is 11.8 Å². The van der Waals surface area contributed by atoms with E-state index in [2.05, 4.69) is 10.3 Å². The molecule has 7 heteroatoms. The molecule has 0 aliphatic rings. The maximum absolute atomic E-state index is 12.1. The molecule has 3 N–H and O–H groups in total. The Kier molecular flexibility index (Phi) is 6.29. The summed E-state index contributed by atoms with van der Waals surface area (Å²) in [6.45, 7) is 2.02. The molecular formula is C21H19N3O3S. The molecule has 1 aromatic heterocycles. The zero-order chi connectivity index (χ0) is 19.9. The summed E-state index contributed by atoms with van der Waals surface area (Å²) >= 11 is 1.47. The molecule has 0 atom stereocenters. The summed E-state index contributed by atoms with van der Waals surface area (Å²) in [5.74, 6) is 0.459. The van der Waals surface area contributed by atoms with E-state index in [1.807, 2.05) is 31.2 Å². The zero-order valence-electron chi connectivity index (χ0n) is 15.2. The first-order valence-electron chi connectivity index (χ1n) is 8.53. The van der Waals surface area contributed by atoms with Gasteiger partial charge in [0, 0.05) is 16.5 Å². The van der Waals surface area contributed by atoms with Crippen LogP contribution in [-0.2, 0) is 4.79 Å². The van der Waals surface area contributed by atoms with Crippen LogP contribution in [0.5, 0.6) is 11.6 Å². The monoisotopic (exact) mass is 393 g/mol. The second-order valence-electron chi connectivity index (χ2n) is 6.03. The van der Waals surface area contributed by atoms with E-state index in [1.165, 1.54) is 23.5 Å². The fourth-order valence-corrected chi connectivity index (χ4v) is 3.03. The normalized spacial score (nSPS) is 10.3. The molecule has 0 fully saturated rings. The van der Waals surface area contributed by atoms with Gasteiger partial charge in [0.05, 0.1) is 17.6 Å². The third-order valence-electron chi connectivity index (χ3n) is 3.75. The van der Waals surface area contributed by atoms with Gasteiger partial charge in [0.25, 0.3) is 0 Å². The van der Waals surface area contributed by atoms with Crippen molar-refractivity contribution in [1.82, 2.24) is 4.98 Å². The van der Waals surface area contributed by atoms with Crippen molar-refractivity contribution in [3.63, 3.8) is 0 Å². The number of benzene rings is 2. The number of nitrogens with one attached hydrogen (secondary N) is 1. The summed E-state index contributed by atoms with van der Waals surface area (Å²) in [6.07, 6.45) is 1.52. The Morgan fingerprint density at radius 1 is 1.11 bits per heavy atom. The SMILES string of the molecule is Cc1ccc(SCC(=O)Nc2ccc(Oc3cccc(C(N)=O)c3)nc2)cc1. The lowest BCUT2D eigenvalue weighted by Crippen LogP contribution is -2.14. The summed E-state index contributed by atoms with van der Waals surface area (Å²) in [5, 5.41) is 2.80. The molecule has 0 aliphatic heterocycles. The number of aromatic nitrogens is 1. The second kappa shape index (κ2) is 9.05. The number of amides is 2. The number of aryl methyl sites for hydroxylation is 1. The maximum atomic E-state index is 12.1. The Balaban J connectivity index is 1.53. The van der Waals surface area contributed by atoms with Gasteiger partial charge < -0.3 is 15.8 Å². The summed E-state index contributed by atoms with van der Waals surface area (Å²) in [7, 11) is 0. The molecule has 2 amide bonds. The minimum absolute atomic E-state index is 0.116. The van der Waals surface area contributed by atoms with E-state index in [1.54, 1.807) is 36.4 Å². The van der Waals surface area contributed by atoms with Gasteiger partial charge in [-0.25, -0.2) is 4.98 Å². The lowest BCUT2D eigenvalue weighted by molar-refractivity contribution is -0.113. The number of hydrogen-bond acceptors (Lipinski definition) is 5. The number of anilines is 1. The van der Waals surface area contributed by atoms with Crippen LogP contribution in [0.15, 0.2) is 71.8 Å². The van der Waals surface area contributed by atoms with E-state index in [-0.39, 0.29) is 5.91 Å². The number of hydrogen-bond donors (Lipinski definition) is 2. The molecule has 0 unspecified atom stereocenters. The molecule has 0 aliphatic carbocycles. The maximum Gasteiger partial charge on any atom is 0.248 e. The average molecular weight is 393 g/mol. The molecule has 3 aromatic rings. The second-order valence-corrected chi connectivity index (χ2v) is 7.08. The highest BCUT2D eigenvalue weighted by molar-refractivity contribution is 8.00. The fraction of sp³-hybridized carbons (Fsp3) is 0.0952. The quantitative estimate of drug-likeness (QED) is 0.592. The van der Waals surface area contributed by atoms with Crippen molar-refractivity contribution in [2.75, 3.05) is 11.1 Å². The van der Waals surface area contributed by atoms with Gasteiger partial charge in [-0.2, -0.15) is 0 Å². The molecule has 28 heavy (non-hydrogen) atoms. The van der Waals surface area contributed by atoms with Gasteiger partial charge in [-0.1, -0.05) is 23.8 Å². The van der Waals surface area contributed by atoms with Crippen LogP contribution in [0.25, 0.3) is 0 Å². The van der Waals surface area contributed by atoms with Crippen LogP contribution in [0.4, 0.5) is 5.69 Å². The number of rotatable bonds is 7. The van der Waals surface area contributed by atoms with Gasteiger partial charge in [0.2, 0.25) is 17.7 Å². The van der Waals surface area contributed by atoms with E-state index in [0.29, 0.717) is 28.6 Å². The smallest absolute Gasteiger partial charge is 0.248 e. The van der Waals surface area contributed by atoms with E-state index >= 15 is 0 Å². The van der Waals surface area contributed by atoms with Gasteiger partial charge in [-0.05, 0) is 43.3 Å². The van der Waals surface area contributed by atoms with Crippen molar-refractivity contribution in [3.05, 3.63) is 78.0 Å². The minimum atomic E-state index is -0.528. The van der Waals surface area contributed by atoms with Gasteiger partial charge >= 0.3 is 0 Å². The predicted molar refractivity (Wildman–Crippen MR) is 110 cm³/mol. The lowest BCUT2D eigenvalue weighted by Gasteiger charge is -2.08. The summed E-state index contributed by atoms with van der Waals surface area (Å²) in [5.41, 5.74) is 7.37. The predicted octanol–water partition coefficient (Wildman–Crippen LogP) is 4.01. The summed E-state index contributed by atoms with van der Waals surface area (Å²) in [4.78, 5) is 28.5. The molecule has 0 saturated heterocycles. The number of nitrogens with two attached hydrogens (primary N) is 1. The standard InChI is InChI=1S/C21H19N3O3S/c1-14-5-8-18(9-6-14)28-13-19(25)24-16-7-10-20(23-12-16)27-17-4-2-3-15(11-17)21(22)26/h2-12H,13H2,1H3,(H2,22,26)(H,24,25). The third-order valence-corrected chi connectivity index (χ3v) is 4.76. The summed E-state index contributed by atoms with van der Waals surface area (Å²) < 4.78 is 5.61. The Morgan fingerprint density at radius 3 is 2.57 bits per heavy atom. The number of thioether (sulfide) groups is 1. The van der Waals surface area contributed by atoms with Crippen molar-refractivity contribution in [3.8, 4) is 11.6 Å². The van der Waals surface area contributed by atoms with Crippen molar-refractivity contribution in [2.45, 2.75) is 11.8 Å². The average Bonchev–Trinajstić information content (AvgIpc) is 2.69. The highest BCUT2D eigenvalue weighted by Gasteiger charge is 2.06. The van der Waals surface area contributed by atoms with Gasteiger partial charge in [-0.3, -0.25) is 9.59 Å². The Hall–Kier alpha value is -3.32. The van der Waals surface area contributed by atoms with E-state index in [0.717, 1.165) is 4.90 Å². The van der Waals surface area contributed by atoms with Crippen LogP contribution in [0, 0.1) is 6.92 Å². The molecular weight excluding hydrogens is 374 g/mol. The van der Waals surface area contributed by atoms with Gasteiger partial charge in [0.15, 0.2) is 0 Å². The topological polar surface area (TPSA) is 94.3 Å². The fourth-order valence-electron chi connectivity index (χ4n) is 2.33. The van der Waals surface area contributed by atoms with Crippen molar-refractivity contribution >= 4 is 29.3 Å². The molecule has 3 rings (SSSR count). The van der Waals surface area contributed by atoms with Gasteiger partial charge in [0.1, 0.15) is 5.75 Å². The van der Waals surface area contributed by atoms with Crippen molar-refractivity contribution in [1.29, 1.82) is 0 Å². The number of nitrogens with zero attached hydrogens (tertiary/aromatic N) is 1. The first-order valence-corrected chi connectivity index (χ1v) is 9.51. The number of pyridine rings is 1. The molecule has 6 nitrogen and oxygen atoms in total. The number of ether oxygens (including phenoxy) is 1. The van der Waals surface area contributed by atoms with E-state index in [4.69, 9.17) is 10.5 Å². The number of primary amides is 1. The first-order chi connectivity index (χ1) is 13.5. The Bertz CT molecular complexity index is 973. The Morgan fingerprint density at radius 2 is 1.89 bits per heavy atom. The molecule has 142 valence electrons. The van der Waals surface area contributed by atoms with Crippen LogP contribution in [0.1, 0.15) is 15.9 Å². The molecule has 0 bridgehead atoms. The first kappa shape index (κ1) is 19.4. The van der Waals surface area contributed by atoms with Crippen molar-refractivity contribution in [2.24, 2.45) is 5.73 Å². The minimum Gasteiger partial charge on any atom is -0.439 e. The van der Waals surface area contributed by atoms with Crippen LogP contribution in [-0.4, -0.2) is 22.6 Å². The highest BCUT2D eigenvalue weighted by atomic mass is 32.2. The molecule has 0 spiro atoms. The third kappa shape index (κ3) is 5.59. The number of carbonyl (C=O) groups is 2. The summed E-state index contributed by atoms with van der Waals surface area (Å²) in [6, 6.07) is 17.9. The molecule has 0 radical (unpaired) electrons. The van der Waals surface area contributed by atoms with Crippen LogP contribution in [0.2, 0.25) is 0 Å². The molecule has 1 heterocycles. The molecule has 0 saturated carbocycles. The largest absolute Gasteiger partial charge is 0.439 e. The Labute approximate surface area is 167 Å². The van der Waals surface area contributed by atoms with Crippen molar-refractivity contribution < 1.29 is 14.3 Å². The number of carbonyl (C=O) groups excluding carboxylic acids is 2. The van der Waals surface area contributed by atoms with Crippen LogP contribution in [0.3, 0.4) is 0 Å².